The molecule has 0 aliphatic heterocycles. The molecule has 0 spiro atoms. The summed E-state index contributed by atoms with van der Waals surface area (Å²) in [5, 5.41) is 10.8. The third-order valence-corrected chi connectivity index (χ3v) is 3.32. The van der Waals surface area contributed by atoms with E-state index >= 15 is 0 Å². The van der Waals surface area contributed by atoms with Gasteiger partial charge in [-0.05, 0) is 6.92 Å². The predicted octanol–water partition coefficient (Wildman–Crippen LogP) is 2.19. The topological polar surface area (TPSA) is 102 Å². The quantitative estimate of drug-likeness (QED) is 0.529. The number of nitro benzene ring substituents is 1. The van der Waals surface area contributed by atoms with Crippen molar-refractivity contribution in [3.05, 3.63) is 48.9 Å². The van der Waals surface area contributed by atoms with Crippen LogP contribution in [0.2, 0.25) is 0 Å². The van der Waals surface area contributed by atoms with Crippen molar-refractivity contribution >= 4 is 23.0 Å². The second kappa shape index (κ2) is 5.66. The zero-order valence-corrected chi connectivity index (χ0v) is 11.2. The Labute approximate surface area is 117 Å². The molecule has 1 aromatic carbocycles. The molecule has 1 aromatic heterocycles. The Bertz CT molecular complexity index is 719. The molecule has 8 heteroatoms. The van der Waals surface area contributed by atoms with Crippen LogP contribution in [0.5, 0.6) is 0 Å². The van der Waals surface area contributed by atoms with Crippen LogP contribution >= 0.6 is 11.3 Å². The number of hydrogen-bond donors (Lipinski definition) is 1. The number of nitro groups is 1. The number of carbonyl (C=O) groups excluding carboxylic acids is 1. The van der Waals surface area contributed by atoms with Gasteiger partial charge in [-0.2, -0.15) is 0 Å². The van der Waals surface area contributed by atoms with Crippen LogP contribution in [-0.4, -0.2) is 22.5 Å². The molecule has 0 saturated heterocycles. The number of carbonyl (C=O) groups is 1. The van der Waals surface area contributed by atoms with Crippen LogP contribution in [0.4, 0.5) is 5.69 Å². The van der Waals surface area contributed by atoms with E-state index in [0.29, 0.717) is 16.9 Å². The number of ether oxygens (including phenoxy) is 1. The van der Waals surface area contributed by atoms with Crippen molar-refractivity contribution in [2.75, 3.05) is 6.61 Å². The van der Waals surface area contributed by atoms with E-state index in [9.17, 15) is 19.7 Å². The lowest BCUT2D eigenvalue weighted by Gasteiger charge is -2.03. The first-order valence-electron chi connectivity index (χ1n) is 5.68. The van der Waals surface area contributed by atoms with Gasteiger partial charge in [-0.3, -0.25) is 14.9 Å². The van der Waals surface area contributed by atoms with Crippen molar-refractivity contribution < 1.29 is 14.5 Å². The highest BCUT2D eigenvalue weighted by atomic mass is 32.1. The summed E-state index contributed by atoms with van der Waals surface area (Å²) in [6, 6.07) is 5.69. The fraction of sp³-hybridized carbons (Fsp3) is 0.167. The third kappa shape index (κ3) is 2.75. The largest absolute Gasteiger partial charge is 0.462 e. The maximum Gasteiger partial charge on any atom is 0.350 e. The van der Waals surface area contributed by atoms with Gasteiger partial charge < -0.3 is 9.72 Å². The minimum absolute atomic E-state index is 0.109. The molecule has 0 fully saturated rings. The number of aromatic nitrogens is 1. The SMILES string of the molecule is CCOC(=O)c1sc(=O)[nH]c1-c1cccc([N+](=O)[O-])c1. The molecule has 2 aromatic rings. The highest BCUT2D eigenvalue weighted by Gasteiger charge is 2.19. The fourth-order valence-corrected chi connectivity index (χ4v) is 2.40. The van der Waals surface area contributed by atoms with E-state index < -0.39 is 15.8 Å². The lowest BCUT2D eigenvalue weighted by atomic mass is 10.1. The summed E-state index contributed by atoms with van der Waals surface area (Å²) in [6.07, 6.45) is 0. The van der Waals surface area contributed by atoms with E-state index in [1.54, 1.807) is 13.0 Å². The Kier molecular flexibility index (Phi) is 3.94. The minimum Gasteiger partial charge on any atom is -0.462 e. The molecule has 0 atom stereocenters. The fourth-order valence-electron chi connectivity index (χ4n) is 1.65. The Morgan fingerprint density at radius 3 is 2.90 bits per heavy atom. The van der Waals surface area contributed by atoms with Gasteiger partial charge in [-0.25, -0.2) is 4.79 Å². The first kappa shape index (κ1) is 13.9. The summed E-state index contributed by atoms with van der Waals surface area (Å²) >= 11 is 0.716. The number of thiazole rings is 1. The highest BCUT2D eigenvalue weighted by molar-refractivity contribution is 7.11. The Morgan fingerprint density at radius 2 is 2.25 bits per heavy atom. The summed E-state index contributed by atoms with van der Waals surface area (Å²) in [7, 11) is 0. The van der Waals surface area contributed by atoms with Gasteiger partial charge in [0.15, 0.2) is 0 Å². The average molecular weight is 294 g/mol. The number of nitrogens with one attached hydrogen (secondary N) is 1. The van der Waals surface area contributed by atoms with Crippen LogP contribution in [0.3, 0.4) is 0 Å². The van der Waals surface area contributed by atoms with E-state index in [1.165, 1.54) is 18.2 Å². The van der Waals surface area contributed by atoms with Crippen molar-refractivity contribution in [1.82, 2.24) is 4.98 Å². The zero-order chi connectivity index (χ0) is 14.7. The van der Waals surface area contributed by atoms with Gasteiger partial charge in [-0.15, -0.1) is 0 Å². The molecule has 1 heterocycles. The maximum atomic E-state index is 11.8. The molecule has 1 N–H and O–H groups in total. The monoisotopic (exact) mass is 294 g/mol. The molecule has 0 bridgehead atoms. The zero-order valence-electron chi connectivity index (χ0n) is 10.4. The first-order valence-corrected chi connectivity index (χ1v) is 6.49. The predicted molar refractivity (Wildman–Crippen MR) is 73.0 cm³/mol. The molecular weight excluding hydrogens is 284 g/mol. The maximum absolute atomic E-state index is 11.8. The highest BCUT2D eigenvalue weighted by Crippen LogP contribution is 2.26. The van der Waals surface area contributed by atoms with Crippen molar-refractivity contribution in [1.29, 1.82) is 0 Å². The smallest absolute Gasteiger partial charge is 0.350 e. The number of esters is 1. The van der Waals surface area contributed by atoms with Gasteiger partial charge in [0.2, 0.25) is 0 Å². The van der Waals surface area contributed by atoms with E-state index in [4.69, 9.17) is 4.74 Å². The van der Waals surface area contributed by atoms with Crippen molar-refractivity contribution in [3.63, 3.8) is 0 Å². The minimum atomic E-state index is -0.627. The molecule has 7 nitrogen and oxygen atoms in total. The Balaban J connectivity index is 2.52. The molecule has 0 radical (unpaired) electrons. The molecule has 104 valence electrons. The van der Waals surface area contributed by atoms with E-state index in [0.717, 1.165) is 0 Å². The first-order chi connectivity index (χ1) is 9.52. The summed E-state index contributed by atoms with van der Waals surface area (Å²) in [6.45, 7) is 1.83. The van der Waals surface area contributed by atoms with Gasteiger partial charge in [-0.1, -0.05) is 23.5 Å². The van der Waals surface area contributed by atoms with E-state index in [-0.39, 0.29) is 22.9 Å². The van der Waals surface area contributed by atoms with Gasteiger partial charge in [0, 0.05) is 17.7 Å². The number of non-ortho nitro benzene ring substituents is 1. The molecular formula is C12H10N2O5S. The number of benzene rings is 1. The lowest BCUT2D eigenvalue weighted by Crippen LogP contribution is -2.04. The Hall–Kier alpha value is -2.48. The van der Waals surface area contributed by atoms with Gasteiger partial charge >= 0.3 is 10.8 Å². The summed E-state index contributed by atoms with van der Waals surface area (Å²) in [5.41, 5.74) is 0.507. The molecule has 0 unspecified atom stereocenters. The summed E-state index contributed by atoms with van der Waals surface area (Å²) in [4.78, 5) is 35.6. The van der Waals surface area contributed by atoms with E-state index in [2.05, 4.69) is 4.98 Å². The number of hydrogen-bond acceptors (Lipinski definition) is 6. The van der Waals surface area contributed by atoms with Crippen LogP contribution in [0, 0.1) is 10.1 Å². The number of rotatable bonds is 4. The molecule has 0 saturated carbocycles. The van der Waals surface area contributed by atoms with Crippen LogP contribution in [0.1, 0.15) is 16.6 Å². The number of nitrogens with zero attached hydrogens (tertiary/aromatic N) is 1. The van der Waals surface area contributed by atoms with Crippen molar-refractivity contribution in [3.8, 4) is 11.3 Å². The molecule has 20 heavy (non-hydrogen) atoms. The normalized spacial score (nSPS) is 10.2. The lowest BCUT2D eigenvalue weighted by molar-refractivity contribution is -0.384. The Morgan fingerprint density at radius 1 is 1.50 bits per heavy atom. The second-order valence-electron chi connectivity index (χ2n) is 3.75. The average Bonchev–Trinajstić information content (AvgIpc) is 2.81. The molecule has 0 amide bonds. The number of H-pyrrole nitrogens is 1. The second-order valence-corrected chi connectivity index (χ2v) is 4.73. The van der Waals surface area contributed by atoms with Crippen LogP contribution in [0.25, 0.3) is 11.3 Å². The van der Waals surface area contributed by atoms with Crippen LogP contribution < -0.4 is 4.87 Å². The molecule has 2 rings (SSSR count). The molecule has 0 aliphatic carbocycles. The van der Waals surface area contributed by atoms with Crippen LogP contribution in [0.15, 0.2) is 29.1 Å². The summed E-state index contributed by atoms with van der Waals surface area (Å²) in [5.74, 6) is -0.627. The standard InChI is InChI=1S/C12H10N2O5S/c1-2-19-11(15)10-9(13-12(16)20-10)7-4-3-5-8(6-7)14(17)18/h3-6H,2H2,1H3,(H,13,16). The van der Waals surface area contributed by atoms with Crippen molar-refractivity contribution in [2.45, 2.75) is 6.92 Å². The third-order valence-electron chi connectivity index (χ3n) is 2.46. The van der Waals surface area contributed by atoms with Crippen LogP contribution in [-0.2, 0) is 4.74 Å². The van der Waals surface area contributed by atoms with Gasteiger partial charge in [0.25, 0.3) is 5.69 Å². The van der Waals surface area contributed by atoms with Gasteiger partial charge in [0.05, 0.1) is 17.2 Å². The van der Waals surface area contributed by atoms with Crippen molar-refractivity contribution in [2.24, 2.45) is 0 Å². The molecule has 0 aliphatic rings. The van der Waals surface area contributed by atoms with E-state index in [1.807, 2.05) is 0 Å². The van der Waals surface area contributed by atoms with Gasteiger partial charge in [0.1, 0.15) is 4.88 Å². The number of aromatic amines is 1. The summed E-state index contributed by atoms with van der Waals surface area (Å²) < 4.78 is 4.86.